The highest BCUT2D eigenvalue weighted by atomic mass is 35.5. The molecule has 0 saturated carbocycles. The summed E-state index contributed by atoms with van der Waals surface area (Å²) in [6.45, 7) is 5.65. The number of rotatable bonds is 6. The van der Waals surface area contributed by atoms with E-state index in [1.54, 1.807) is 0 Å². The topological polar surface area (TPSA) is 49.0 Å². The molecule has 0 bridgehead atoms. The summed E-state index contributed by atoms with van der Waals surface area (Å²) in [5.41, 5.74) is 1.36. The number of hydrogen-bond acceptors (Lipinski definition) is 5. The van der Waals surface area contributed by atoms with Crippen molar-refractivity contribution in [1.29, 1.82) is 0 Å². The van der Waals surface area contributed by atoms with Crippen LogP contribution in [0.5, 0.6) is 23.0 Å². The average molecular weight is 392 g/mol. The molecule has 1 N–H and O–H groups in total. The van der Waals surface area contributed by atoms with Gasteiger partial charge in [0.25, 0.3) is 0 Å². The lowest BCUT2D eigenvalue weighted by Crippen LogP contribution is -2.38. The molecule has 2 aromatic carbocycles. The lowest BCUT2D eigenvalue weighted by atomic mass is 9.81. The SMILES string of the molecule is CCOc1ccc([C@@H]2CCNC[C@H]2COc2ccc3c(c2)OCO3)cc1.Cl. The average Bonchev–Trinajstić information content (AvgIpc) is 3.15. The Labute approximate surface area is 166 Å². The Morgan fingerprint density at radius 3 is 2.59 bits per heavy atom. The first-order chi connectivity index (χ1) is 12.8. The van der Waals surface area contributed by atoms with E-state index in [0.717, 1.165) is 42.5 Å². The van der Waals surface area contributed by atoms with Crippen LogP contribution in [0.25, 0.3) is 0 Å². The van der Waals surface area contributed by atoms with Gasteiger partial charge in [-0.05, 0) is 55.6 Å². The first-order valence-corrected chi connectivity index (χ1v) is 9.29. The fourth-order valence-electron chi connectivity index (χ4n) is 3.68. The van der Waals surface area contributed by atoms with Crippen LogP contribution < -0.4 is 24.3 Å². The predicted molar refractivity (Wildman–Crippen MR) is 107 cm³/mol. The monoisotopic (exact) mass is 391 g/mol. The van der Waals surface area contributed by atoms with Gasteiger partial charge in [-0.2, -0.15) is 0 Å². The minimum absolute atomic E-state index is 0. The summed E-state index contributed by atoms with van der Waals surface area (Å²) in [7, 11) is 0. The zero-order valence-corrected chi connectivity index (χ0v) is 16.3. The molecule has 2 aliphatic heterocycles. The number of fused-ring (bicyclic) bond motifs is 1. The summed E-state index contributed by atoms with van der Waals surface area (Å²) in [5.74, 6) is 4.20. The highest BCUT2D eigenvalue weighted by Gasteiger charge is 2.27. The molecule has 0 aliphatic carbocycles. The number of nitrogens with one attached hydrogen (secondary N) is 1. The molecule has 0 aromatic heterocycles. The highest BCUT2D eigenvalue weighted by Crippen LogP contribution is 2.36. The molecular formula is C21H26ClNO4. The van der Waals surface area contributed by atoms with Crippen molar-refractivity contribution in [3.8, 4) is 23.0 Å². The van der Waals surface area contributed by atoms with Gasteiger partial charge in [-0.25, -0.2) is 0 Å². The van der Waals surface area contributed by atoms with Gasteiger partial charge in [-0.3, -0.25) is 0 Å². The van der Waals surface area contributed by atoms with Crippen LogP contribution in [-0.4, -0.2) is 33.1 Å². The molecule has 0 spiro atoms. The van der Waals surface area contributed by atoms with Gasteiger partial charge in [-0.1, -0.05) is 12.1 Å². The largest absolute Gasteiger partial charge is 0.494 e. The normalized spacial score (nSPS) is 20.6. The maximum atomic E-state index is 6.08. The van der Waals surface area contributed by atoms with E-state index in [4.69, 9.17) is 18.9 Å². The minimum atomic E-state index is 0. The van der Waals surface area contributed by atoms with Gasteiger partial charge < -0.3 is 24.3 Å². The van der Waals surface area contributed by atoms with E-state index in [1.165, 1.54) is 5.56 Å². The fourth-order valence-corrected chi connectivity index (χ4v) is 3.68. The fraction of sp³-hybridized carbons (Fsp3) is 0.429. The van der Waals surface area contributed by atoms with Gasteiger partial charge >= 0.3 is 0 Å². The number of benzene rings is 2. The number of hydrogen-bond donors (Lipinski definition) is 1. The second-order valence-corrected chi connectivity index (χ2v) is 6.69. The van der Waals surface area contributed by atoms with Gasteiger partial charge in [0.2, 0.25) is 6.79 Å². The Morgan fingerprint density at radius 2 is 1.78 bits per heavy atom. The smallest absolute Gasteiger partial charge is 0.231 e. The first-order valence-electron chi connectivity index (χ1n) is 9.29. The van der Waals surface area contributed by atoms with Crippen LogP contribution in [-0.2, 0) is 0 Å². The van der Waals surface area contributed by atoms with E-state index in [2.05, 4.69) is 29.6 Å². The molecule has 0 radical (unpaired) electrons. The predicted octanol–water partition coefficient (Wildman–Crippen LogP) is 4.01. The van der Waals surface area contributed by atoms with Gasteiger partial charge in [0.05, 0.1) is 13.2 Å². The lowest BCUT2D eigenvalue weighted by Gasteiger charge is -2.32. The maximum Gasteiger partial charge on any atom is 0.231 e. The van der Waals surface area contributed by atoms with Crippen LogP contribution in [0.15, 0.2) is 42.5 Å². The van der Waals surface area contributed by atoms with Crippen LogP contribution in [0.1, 0.15) is 24.8 Å². The number of halogens is 1. The van der Waals surface area contributed by atoms with E-state index in [-0.39, 0.29) is 19.2 Å². The van der Waals surface area contributed by atoms with E-state index >= 15 is 0 Å². The van der Waals surface area contributed by atoms with E-state index in [9.17, 15) is 0 Å². The van der Waals surface area contributed by atoms with Crippen LogP contribution in [0.4, 0.5) is 0 Å². The minimum Gasteiger partial charge on any atom is -0.494 e. The zero-order valence-electron chi connectivity index (χ0n) is 15.5. The quantitative estimate of drug-likeness (QED) is 0.806. The molecule has 1 saturated heterocycles. The van der Waals surface area contributed by atoms with Crippen molar-refractivity contribution in [2.24, 2.45) is 5.92 Å². The van der Waals surface area contributed by atoms with Crippen molar-refractivity contribution < 1.29 is 18.9 Å². The zero-order chi connectivity index (χ0) is 17.8. The van der Waals surface area contributed by atoms with Crippen LogP contribution in [0.2, 0.25) is 0 Å². The summed E-state index contributed by atoms with van der Waals surface area (Å²) in [5, 5.41) is 3.49. The molecule has 2 aromatic rings. The molecule has 146 valence electrons. The standard InChI is InChI=1S/C21H25NO4.ClH/c1-2-23-17-5-3-15(4-6-17)19-9-10-22-12-16(19)13-24-18-7-8-20-21(11-18)26-14-25-20;/h3-8,11,16,19,22H,2,9-10,12-14H2,1H3;1H/t16-,19-;/m0./s1. The molecule has 27 heavy (non-hydrogen) atoms. The van der Waals surface area contributed by atoms with Crippen molar-refractivity contribution in [2.75, 3.05) is 33.1 Å². The second-order valence-electron chi connectivity index (χ2n) is 6.69. The maximum absolute atomic E-state index is 6.08. The van der Waals surface area contributed by atoms with E-state index in [1.807, 2.05) is 25.1 Å². The van der Waals surface area contributed by atoms with Gasteiger partial charge in [-0.15, -0.1) is 12.4 Å². The Hall–Kier alpha value is -2.11. The summed E-state index contributed by atoms with van der Waals surface area (Å²) >= 11 is 0. The Bertz CT molecular complexity index is 737. The summed E-state index contributed by atoms with van der Waals surface area (Å²) in [6.07, 6.45) is 1.11. The van der Waals surface area contributed by atoms with Gasteiger partial charge in [0.15, 0.2) is 11.5 Å². The number of ether oxygens (including phenoxy) is 4. The molecule has 0 unspecified atom stereocenters. The van der Waals surface area contributed by atoms with Crippen molar-refractivity contribution in [2.45, 2.75) is 19.3 Å². The molecule has 2 atom stereocenters. The lowest BCUT2D eigenvalue weighted by molar-refractivity contribution is 0.173. The molecule has 2 aliphatic rings. The Kier molecular flexibility index (Phi) is 6.69. The van der Waals surface area contributed by atoms with Gasteiger partial charge in [0.1, 0.15) is 11.5 Å². The van der Waals surface area contributed by atoms with Crippen LogP contribution in [0.3, 0.4) is 0 Å². The third-order valence-corrected chi connectivity index (χ3v) is 5.04. The summed E-state index contributed by atoms with van der Waals surface area (Å²) < 4.78 is 22.4. The molecule has 1 fully saturated rings. The van der Waals surface area contributed by atoms with E-state index < -0.39 is 0 Å². The molecule has 4 rings (SSSR count). The molecule has 6 heteroatoms. The number of piperidine rings is 1. The summed E-state index contributed by atoms with van der Waals surface area (Å²) in [6, 6.07) is 14.3. The Balaban J connectivity index is 0.00000210. The van der Waals surface area contributed by atoms with Crippen LogP contribution in [0, 0.1) is 5.92 Å². The molecule has 5 nitrogen and oxygen atoms in total. The van der Waals surface area contributed by atoms with E-state index in [0.29, 0.717) is 25.0 Å². The third-order valence-electron chi connectivity index (χ3n) is 5.04. The van der Waals surface area contributed by atoms with Crippen molar-refractivity contribution in [3.05, 3.63) is 48.0 Å². The second kappa shape index (κ2) is 9.20. The van der Waals surface area contributed by atoms with Crippen molar-refractivity contribution >= 4 is 12.4 Å². The van der Waals surface area contributed by atoms with Crippen molar-refractivity contribution in [3.63, 3.8) is 0 Å². The van der Waals surface area contributed by atoms with Crippen LogP contribution >= 0.6 is 12.4 Å². The third kappa shape index (κ3) is 4.60. The van der Waals surface area contributed by atoms with Gasteiger partial charge in [0, 0.05) is 18.5 Å². The van der Waals surface area contributed by atoms with Crippen molar-refractivity contribution in [1.82, 2.24) is 5.32 Å². The summed E-state index contributed by atoms with van der Waals surface area (Å²) in [4.78, 5) is 0. The molecule has 2 heterocycles. The molecular weight excluding hydrogens is 366 g/mol. The molecule has 0 amide bonds. The Morgan fingerprint density at radius 1 is 1.00 bits per heavy atom. The first kappa shape index (κ1) is 19.6. The highest BCUT2D eigenvalue weighted by molar-refractivity contribution is 5.85.